The van der Waals surface area contributed by atoms with Gasteiger partial charge in [-0.25, -0.2) is 0 Å². The second kappa shape index (κ2) is 6.07. The maximum atomic E-state index is 11.7. The van der Waals surface area contributed by atoms with Gasteiger partial charge in [-0.15, -0.1) is 0 Å². The van der Waals surface area contributed by atoms with Gasteiger partial charge in [0.25, 0.3) is 0 Å². The van der Waals surface area contributed by atoms with Crippen LogP contribution in [0.15, 0.2) is 46.5 Å². The minimum absolute atomic E-state index is 0.0936. The Hall–Kier alpha value is -1.00. The molecule has 0 aliphatic carbocycles. The van der Waals surface area contributed by atoms with Crippen LogP contribution in [0, 0.1) is 5.92 Å². The average Bonchev–Trinajstić information content (AvgIpc) is 2.27. The van der Waals surface area contributed by atoms with E-state index in [1.54, 1.807) is 24.3 Å². The van der Waals surface area contributed by atoms with E-state index in [0.717, 1.165) is 0 Å². The van der Waals surface area contributed by atoms with Gasteiger partial charge in [0.15, 0.2) is 0 Å². The quantitative estimate of drug-likeness (QED) is 0.609. The second-order valence-corrected chi connectivity index (χ2v) is 5.91. The van der Waals surface area contributed by atoms with Gasteiger partial charge in [0, 0.05) is 0 Å². The first kappa shape index (κ1) is 14.1. The molecule has 0 unspecified atom stereocenters. The predicted octanol–water partition coefficient (Wildman–Crippen LogP) is 3.52. The van der Waals surface area contributed by atoms with E-state index in [0.29, 0.717) is 12.3 Å². The van der Waals surface area contributed by atoms with Crippen LogP contribution in [-0.2, 0) is 14.3 Å². The summed E-state index contributed by atoms with van der Waals surface area (Å²) in [5.74, 6) is 0.395. The van der Waals surface area contributed by atoms with Crippen molar-refractivity contribution in [2.45, 2.75) is 25.2 Å². The van der Waals surface area contributed by atoms with Crippen LogP contribution in [0.25, 0.3) is 0 Å². The number of allylic oxidation sites excluding steroid dienone is 1. The summed E-state index contributed by atoms with van der Waals surface area (Å²) < 4.78 is 28.3. The van der Waals surface area contributed by atoms with Crippen molar-refractivity contribution in [2.24, 2.45) is 5.92 Å². The van der Waals surface area contributed by atoms with Gasteiger partial charge in [-0.3, -0.25) is 0 Å². The lowest BCUT2D eigenvalue weighted by Gasteiger charge is -2.06. The molecule has 0 heterocycles. The van der Waals surface area contributed by atoms with Gasteiger partial charge >= 0.3 is 10.1 Å². The summed E-state index contributed by atoms with van der Waals surface area (Å²) in [5, 5.41) is -0.109. The van der Waals surface area contributed by atoms with Crippen LogP contribution in [0.3, 0.4) is 0 Å². The zero-order valence-electron chi connectivity index (χ0n) is 9.76. The highest BCUT2D eigenvalue weighted by Gasteiger charge is 2.16. The Morgan fingerprint density at radius 3 is 2.47 bits per heavy atom. The monoisotopic (exact) mass is 274 g/mol. The van der Waals surface area contributed by atoms with E-state index in [4.69, 9.17) is 15.8 Å². The fraction of sp³-hybridized carbons (Fsp3) is 0.333. The molecule has 1 aromatic carbocycles. The van der Waals surface area contributed by atoms with E-state index in [2.05, 4.69) is 0 Å². The van der Waals surface area contributed by atoms with Crippen LogP contribution in [0.5, 0.6) is 0 Å². The van der Waals surface area contributed by atoms with Crippen molar-refractivity contribution in [1.29, 1.82) is 0 Å². The van der Waals surface area contributed by atoms with Crippen molar-refractivity contribution in [3.63, 3.8) is 0 Å². The first-order valence-electron chi connectivity index (χ1n) is 5.27. The highest BCUT2D eigenvalue weighted by Crippen LogP contribution is 2.18. The van der Waals surface area contributed by atoms with Crippen LogP contribution in [0.4, 0.5) is 0 Å². The molecule has 0 aliphatic rings. The Kier molecular flexibility index (Phi) is 5.02. The van der Waals surface area contributed by atoms with Crippen molar-refractivity contribution in [3.05, 3.63) is 41.6 Å². The third kappa shape index (κ3) is 4.79. The lowest BCUT2D eigenvalue weighted by atomic mass is 10.1. The van der Waals surface area contributed by atoms with Gasteiger partial charge in [0.05, 0.1) is 0 Å². The Morgan fingerprint density at radius 2 is 1.94 bits per heavy atom. The van der Waals surface area contributed by atoms with Crippen molar-refractivity contribution in [2.75, 3.05) is 0 Å². The summed E-state index contributed by atoms with van der Waals surface area (Å²) in [5.41, 5.74) is 0. The molecule has 0 bridgehead atoms. The number of benzene rings is 1. The molecule has 94 valence electrons. The predicted molar refractivity (Wildman–Crippen MR) is 68.1 cm³/mol. The molecule has 3 nitrogen and oxygen atoms in total. The van der Waals surface area contributed by atoms with E-state index in [1.165, 1.54) is 12.1 Å². The van der Waals surface area contributed by atoms with E-state index in [1.807, 2.05) is 13.8 Å². The number of rotatable bonds is 5. The van der Waals surface area contributed by atoms with E-state index in [9.17, 15) is 8.42 Å². The summed E-state index contributed by atoms with van der Waals surface area (Å²) in [6, 6.07) is 7.91. The molecule has 0 atom stereocenters. The smallest absolute Gasteiger partial charge is 0.340 e. The summed E-state index contributed by atoms with van der Waals surface area (Å²) in [6.07, 6.45) is 2.23. The topological polar surface area (TPSA) is 43.4 Å². The fourth-order valence-corrected chi connectivity index (χ4v) is 2.30. The second-order valence-electron chi connectivity index (χ2n) is 3.99. The molecule has 0 N–H and O–H groups in total. The Balaban J connectivity index is 2.78. The first-order chi connectivity index (χ1) is 7.92. The molecule has 0 aliphatic heterocycles. The van der Waals surface area contributed by atoms with Gasteiger partial charge in [0.2, 0.25) is 5.22 Å². The normalized spacial score (nSPS) is 12.8. The highest BCUT2D eigenvalue weighted by molar-refractivity contribution is 7.87. The molecule has 0 aromatic heterocycles. The van der Waals surface area contributed by atoms with E-state index in [-0.39, 0.29) is 10.1 Å². The van der Waals surface area contributed by atoms with E-state index >= 15 is 0 Å². The van der Waals surface area contributed by atoms with Crippen LogP contribution in [0.2, 0.25) is 0 Å². The van der Waals surface area contributed by atoms with Gasteiger partial charge < -0.3 is 4.18 Å². The zero-order valence-corrected chi connectivity index (χ0v) is 11.3. The molecule has 1 aromatic rings. The molecular formula is C12H15ClO3S. The Labute approximate surface area is 107 Å². The van der Waals surface area contributed by atoms with Gasteiger partial charge in [-0.1, -0.05) is 32.0 Å². The summed E-state index contributed by atoms with van der Waals surface area (Å²) in [4.78, 5) is 0.0936. The van der Waals surface area contributed by atoms with E-state index < -0.39 is 10.1 Å². The summed E-state index contributed by atoms with van der Waals surface area (Å²) in [7, 11) is -3.81. The minimum atomic E-state index is -3.81. The van der Waals surface area contributed by atoms with Crippen LogP contribution < -0.4 is 0 Å². The lowest BCUT2D eigenvalue weighted by Crippen LogP contribution is -2.04. The van der Waals surface area contributed by atoms with Crippen molar-refractivity contribution in [1.82, 2.24) is 0 Å². The van der Waals surface area contributed by atoms with Crippen LogP contribution in [-0.4, -0.2) is 8.42 Å². The molecule has 0 radical (unpaired) electrons. The lowest BCUT2D eigenvalue weighted by molar-refractivity contribution is 0.428. The average molecular weight is 275 g/mol. The molecule has 17 heavy (non-hydrogen) atoms. The molecule has 0 saturated carbocycles. The Bertz CT molecular complexity index is 478. The minimum Gasteiger partial charge on any atom is -0.367 e. The standard InChI is InChI=1S/C12H15ClO3S/c1-10(2)8-9-12(13)16-17(14,15)11-6-4-3-5-7-11/h3-7,9-10H,8H2,1-2H3/b12-9-. The molecule has 0 amide bonds. The molecule has 1 rings (SSSR count). The van der Waals surface area contributed by atoms with Gasteiger partial charge in [0.1, 0.15) is 4.90 Å². The third-order valence-corrected chi connectivity index (χ3v) is 3.54. The maximum Gasteiger partial charge on any atom is 0.340 e. The maximum absolute atomic E-state index is 11.7. The van der Waals surface area contributed by atoms with Crippen molar-refractivity contribution in [3.8, 4) is 0 Å². The molecular weight excluding hydrogens is 260 g/mol. The number of hydrogen-bond acceptors (Lipinski definition) is 3. The SMILES string of the molecule is CC(C)C/C=C(/Cl)OS(=O)(=O)c1ccccc1. The van der Waals surface area contributed by atoms with Gasteiger partial charge in [-0.05, 0) is 42.1 Å². The Morgan fingerprint density at radius 1 is 1.35 bits per heavy atom. The van der Waals surface area contributed by atoms with Crippen molar-refractivity contribution < 1.29 is 12.6 Å². The summed E-state index contributed by atoms with van der Waals surface area (Å²) >= 11 is 5.72. The molecule has 0 spiro atoms. The number of hydrogen-bond donors (Lipinski definition) is 0. The molecule has 0 fully saturated rings. The fourth-order valence-electron chi connectivity index (χ4n) is 1.10. The molecule has 0 saturated heterocycles. The largest absolute Gasteiger partial charge is 0.367 e. The molecule has 5 heteroatoms. The summed E-state index contributed by atoms with van der Waals surface area (Å²) in [6.45, 7) is 4.01. The first-order valence-corrected chi connectivity index (χ1v) is 7.05. The van der Waals surface area contributed by atoms with Gasteiger partial charge in [-0.2, -0.15) is 8.42 Å². The highest BCUT2D eigenvalue weighted by atomic mass is 35.5. The van der Waals surface area contributed by atoms with Crippen LogP contribution in [0.1, 0.15) is 20.3 Å². The number of halogens is 1. The zero-order chi connectivity index (χ0) is 12.9. The van der Waals surface area contributed by atoms with Crippen molar-refractivity contribution >= 4 is 21.7 Å². The third-order valence-electron chi connectivity index (χ3n) is 1.97. The van der Waals surface area contributed by atoms with Crippen LogP contribution >= 0.6 is 11.6 Å².